The molecule has 3 N–H and O–H groups in total. The first kappa shape index (κ1) is 21.7. The number of phenolic OH excluding ortho intramolecular Hbond substituents is 1. The average molecular weight is 534 g/mol. The summed E-state index contributed by atoms with van der Waals surface area (Å²) >= 11 is 9.67. The average Bonchev–Trinajstić information content (AvgIpc) is 3.33. The van der Waals surface area contributed by atoms with Gasteiger partial charge >= 0.3 is 6.09 Å². The van der Waals surface area contributed by atoms with Crippen LogP contribution in [0.15, 0.2) is 34.5 Å². The van der Waals surface area contributed by atoms with Crippen LogP contribution >= 0.6 is 27.5 Å². The van der Waals surface area contributed by atoms with Gasteiger partial charge in [0, 0.05) is 48.7 Å². The van der Waals surface area contributed by atoms with E-state index in [4.69, 9.17) is 21.4 Å². The molecule has 1 fully saturated rings. The van der Waals surface area contributed by atoms with E-state index in [9.17, 15) is 14.7 Å². The van der Waals surface area contributed by atoms with Crippen LogP contribution in [-0.4, -0.2) is 68.3 Å². The van der Waals surface area contributed by atoms with Crippen LogP contribution in [0.3, 0.4) is 0 Å². The summed E-state index contributed by atoms with van der Waals surface area (Å²) < 4.78 is 6.81. The van der Waals surface area contributed by atoms with Gasteiger partial charge in [0.2, 0.25) is 5.78 Å². The van der Waals surface area contributed by atoms with Gasteiger partial charge in [0.1, 0.15) is 11.5 Å². The monoisotopic (exact) mass is 532 g/mol. The molecule has 0 saturated carbocycles. The molecule has 0 bridgehead atoms. The molecule has 170 valence electrons. The number of fused-ring (bicyclic) bond motifs is 2. The van der Waals surface area contributed by atoms with Crippen molar-refractivity contribution >= 4 is 56.4 Å². The number of ether oxygens (including phenoxy) is 1. The number of Topliss-reactive ketones (excluding diaryl/α,β-unsaturated/α-hetero) is 1. The number of nitrogens with one attached hydrogen (secondary N) is 1. The number of nitrogens with zero attached hydrogens (tertiary/aromatic N) is 3. The van der Waals surface area contributed by atoms with Crippen molar-refractivity contribution in [3.8, 4) is 11.5 Å². The Labute approximate surface area is 201 Å². The highest BCUT2D eigenvalue weighted by atomic mass is 79.9. The van der Waals surface area contributed by atoms with Crippen molar-refractivity contribution in [1.82, 2.24) is 20.0 Å². The molecule has 33 heavy (non-hydrogen) atoms. The molecule has 3 heterocycles. The summed E-state index contributed by atoms with van der Waals surface area (Å²) in [5, 5.41) is 27.9. The van der Waals surface area contributed by atoms with Gasteiger partial charge in [-0.05, 0) is 24.3 Å². The molecular formula is C22H18BrClN4O5. The molecule has 0 atom stereocenters. The molecule has 0 unspecified atom stereocenters. The lowest BCUT2D eigenvalue weighted by Gasteiger charge is -2.33. The van der Waals surface area contributed by atoms with Gasteiger partial charge in [0.15, 0.2) is 5.76 Å². The zero-order chi connectivity index (χ0) is 23.3. The van der Waals surface area contributed by atoms with Crippen LogP contribution in [0.1, 0.15) is 21.6 Å². The van der Waals surface area contributed by atoms with Gasteiger partial charge in [-0.2, -0.15) is 5.10 Å². The highest BCUT2D eigenvalue weighted by Crippen LogP contribution is 2.44. The Kier molecular flexibility index (Phi) is 5.51. The largest absolute Gasteiger partial charge is 0.506 e. The maximum absolute atomic E-state index is 13.1. The quantitative estimate of drug-likeness (QED) is 0.434. The number of benzene rings is 2. The van der Waals surface area contributed by atoms with Crippen LogP contribution in [0.2, 0.25) is 5.02 Å². The molecule has 0 aliphatic carbocycles. The Morgan fingerprint density at radius 2 is 2.03 bits per heavy atom. The predicted molar refractivity (Wildman–Crippen MR) is 125 cm³/mol. The third-order valence-corrected chi connectivity index (χ3v) is 6.61. The number of carboxylic acid groups (broad SMARTS) is 1. The SMILES string of the molecule is O=C1C(=Cc2n[nH]c3ccc(Br)cc23)Oc2c1cc(Cl)c(O)c2CN1CCN(C(=O)O)CC1. The first-order valence-corrected chi connectivity index (χ1v) is 11.3. The predicted octanol–water partition coefficient (Wildman–Crippen LogP) is 4.10. The second kappa shape index (κ2) is 8.36. The number of phenols is 1. The summed E-state index contributed by atoms with van der Waals surface area (Å²) in [7, 11) is 0. The number of amides is 1. The number of ketones is 1. The zero-order valence-corrected chi connectivity index (χ0v) is 19.5. The number of carbonyl (C=O) groups excluding carboxylic acids is 1. The Morgan fingerprint density at radius 1 is 1.27 bits per heavy atom. The van der Waals surface area contributed by atoms with Crippen LogP contribution in [0.25, 0.3) is 17.0 Å². The van der Waals surface area contributed by atoms with E-state index in [1.54, 1.807) is 6.08 Å². The van der Waals surface area contributed by atoms with Crippen molar-refractivity contribution in [2.24, 2.45) is 0 Å². The van der Waals surface area contributed by atoms with E-state index in [2.05, 4.69) is 26.1 Å². The minimum Gasteiger partial charge on any atom is -0.506 e. The fourth-order valence-corrected chi connectivity index (χ4v) is 4.64. The lowest BCUT2D eigenvalue weighted by molar-refractivity contribution is 0.101. The van der Waals surface area contributed by atoms with Crippen molar-refractivity contribution in [2.75, 3.05) is 26.2 Å². The molecule has 0 spiro atoms. The number of halogens is 2. The molecule has 11 heteroatoms. The van der Waals surface area contributed by atoms with E-state index in [0.29, 0.717) is 37.4 Å². The Balaban J connectivity index is 1.46. The molecule has 1 saturated heterocycles. The number of aromatic amines is 1. The topological polar surface area (TPSA) is 119 Å². The molecule has 3 aromatic rings. The standard InChI is InChI=1S/C22H18BrClN4O5/c23-11-1-2-16-12(7-11)17(26-25-16)9-18-20(30)13-8-15(24)19(29)14(21(13)33-18)10-27-3-5-28(6-4-27)22(31)32/h1-2,7-9,29H,3-6,10H2,(H,25,26)(H,31,32). The highest BCUT2D eigenvalue weighted by molar-refractivity contribution is 9.10. The van der Waals surface area contributed by atoms with Crippen LogP contribution in [0.4, 0.5) is 4.79 Å². The van der Waals surface area contributed by atoms with E-state index in [1.807, 2.05) is 23.1 Å². The lowest BCUT2D eigenvalue weighted by atomic mass is 10.0. The number of allylic oxidation sites excluding steroid dienone is 1. The number of aromatic nitrogens is 2. The number of H-pyrrole nitrogens is 1. The molecule has 2 aliphatic heterocycles. The van der Waals surface area contributed by atoms with E-state index in [1.165, 1.54) is 11.0 Å². The molecule has 2 aromatic carbocycles. The van der Waals surface area contributed by atoms with Gasteiger partial charge in [-0.25, -0.2) is 4.79 Å². The molecule has 5 rings (SSSR count). The molecule has 2 aliphatic rings. The number of hydrogen-bond acceptors (Lipinski definition) is 6. The number of hydrogen-bond donors (Lipinski definition) is 3. The highest BCUT2D eigenvalue weighted by Gasteiger charge is 2.34. The van der Waals surface area contributed by atoms with Crippen LogP contribution < -0.4 is 4.74 Å². The van der Waals surface area contributed by atoms with E-state index >= 15 is 0 Å². The molecule has 1 aromatic heterocycles. The van der Waals surface area contributed by atoms with Crippen molar-refractivity contribution in [3.05, 3.63) is 56.3 Å². The number of aromatic hydroxyl groups is 1. The summed E-state index contributed by atoms with van der Waals surface area (Å²) in [4.78, 5) is 27.6. The maximum Gasteiger partial charge on any atom is 0.407 e. The lowest BCUT2D eigenvalue weighted by Crippen LogP contribution is -2.47. The molecular weight excluding hydrogens is 516 g/mol. The summed E-state index contributed by atoms with van der Waals surface area (Å²) in [6.45, 7) is 1.94. The summed E-state index contributed by atoms with van der Waals surface area (Å²) in [5.41, 5.74) is 2.02. The van der Waals surface area contributed by atoms with Gasteiger partial charge in [0.25, 0.3) is 0 Å². The Morgan fingerprint density at radius 3 is 2.76 bits per heavy atom. The second-order valence-corrected chi connectivity index (χ2v) is 9.17. The van der Waals surface area contributed by atoms with Crippen LogP contribution in [-0.2, 0) is 6.54 Å². The fourth-order valence-electron chi connectivity index (χ4n) is 4.05. The smallest absolute Gasteiger partial charge is 0.407 e. The summed E-state index contributed by atoms with van der Waals surface area (Å²) in [6.07, 6.45) is 0.608. The van der Waals surface area contributed by atoms with E-state index < -0.39 is 6.09 Å². The molecule has 1 amide bonds. The fraction of sp³-hybridized carbons (Fsp3) is 0.227. The third-order valence-electron chi connectivity index (χ3n) is 5.83. The van der Waals surface area contributed by atoms with Crippen molar-refractivity contribution < 1.29 is 24.5 Å². The normalized spacial score (nSPS) is 17.6. The van der Waals surface area contributed by atoms with Crippen LogP contribution in [0, 0.1) is 0 Å². The second-order valence-electron chi connectivity index (χ2n) is 7.85. The Bertz CT molecular complexity index is 1330. The van der Waals surface area contributed by atoms with Crippen molar-refractivity contribution in [1.29, 1.82) is 0 Å². The minimum absolute atomic E-state index is 0.0558. The van der Waals surface area contributed by atoms with Gasteiger partial charge in [-0.3, -0.25) is 14.8 Å². The first-order chi connectivity index (χ1) is 15.8. The summed E-state index contributed by atoms with van der Waals surface area (Å²) in [5.74, 6) is -0.166. The van der Waals surface area contributed by atoms with E-state index in [0.717, 1.165) is 15.4 Å². The zero-order valence-electron chi connectivity index (χ0n) is 17.1. The van der Waals surface area contributed by atoms with Gasteiger partial charge in [-0.15, -0.1) is 0 Å². The Hall–Kier alpha value is -3.08. The number of carbonyl (C=O) groups is 2. The van der Waals surface area contributed by atoms with Gasteiger partial charge in [-0.1, -0.05) is 27.5 Å². The van der Waals surface area contributed by atoms with E-state index in [-0.39, 0.29) is 40.2 Å². The van der Waals surface area contributed by atoms with Gasteiger partial charge < -0.3 is 19.8 Å². The minimum atomic E-state index is -0.956. The summed E-state index contributed by atoms with van der Waals surface area (Å²) in [6, 6.07) is 7.06. The van der Waals surface area contributed by atoms with Crippen molar-refractivity contribution in [3.63, 3.8) is 0 Å². The first-order valence-electron chi connectivity index (χ1n) is 10.1. The van der Waals surface area contributed by atoms with Gasteiger partial charge in [0.05, 0.1) is 27.4 Å². The van der Waals surface area contributed by atoms with Crippen molar-refractivity contribution in [2.45, 2.75) is 6.54 Å². The third kappa shape index (κ3) is 3.94. The number of piperazine rings is 1. The van der Waals surface area contributed by atoms with Crippen LogP contribution in [0.5, 0.6) is 11.5 Å². The maximum atomic E-state index is 13.1. The number of rotatable bonds is 3. The molecule has 0 radical (unpaired) electrons. The molecule has 9 nitrogen and oxygen atoms in total.